The van der Waals surface area contributed by atoms with Crippen LogP contribution < -0.4 is 5.32 Å². The molecule has 0 aromatic carbocycles. The van der Waals surface area contributed by atoms with Gasteiger partial charge in [0.15, 0.2) is 5.54 Å². The average molecular weight is 237 g/mol. The number of ether oxygens (including phenoxy) is 1. The summed E-state index contributed by atoms with van der Waals surface area (Å²) in [5, 5.41) is 12.3. The lowest BCUT2D eigenvalue weighted by atomic mass is 9.99. The summed E-state index contributed by atoms with van der Waals surface area (Å²) in [4.78, 5) is 19.8. The number of nitrogens with zero attached hydrogens (tertiary/aromatic N) is 2. The fourth-order valence-corrected chi connectivity index (χ4v) is 1.77. The molecule has 0 bridgehead atoms. The Morgan fingerprint density at radius 2 is 2.35 bits per heavy atom. The van der Waals surface area contributed by atoms with Crippen LogP contribution in [-0.2, 0) is 9.53 Å². The average Bonchev–Trinajstić information content (AvgIpc) is 2.73. The molecule has 1 aliphatic heterocycles. The lowest BCUT2D eigenvalue weighted by Gasteiger charge is -2.25. The smallest absolute Gasteiger partial charge is 0.331 e. The van der Waals surface area contributed by atoms with Crippen LogP contribution in [0.3, 0.4) is 0 Å². The topological polar surface area (TPSA) is 84.3 Å². The number of aliphatic carboxylic acids is 1. The minimum absolute atomic E-state index is 0.150. The Hall–Kier alpha value is -1.69. The Labute approximate surface area is 99.0 Å². The van der Waals surface area contributed by atoms with Crippen LogP contribution in [0.15, 0.2) is 6.20 Å². The van der Waals surface area contributed by atoms with Crippen molar-refractivity contribution in [3.63, 3.8) is 0 Å². The SMILES string of the molecule is Cc1cnc(C)c(NC2(C(=O)O)CCOC2)n1. The van der Waals surface area contributed by atoms with Gasteiger partial charge in [-0.3, -0.25) is 4.98 Å². The molecular formula is C11H15N3O3. The van der Waals surface area contributed by atoms with E-state index in [1.54, 1.807) is 13.1 Å². The van der Waals surface area contributed by atoms with Gasteiger partial charge in [0.25, 0.3) is 0 Å². The standard InChI is InChI=1S/C11H15N3O3/c1-7-5-12-8(2)9(13-7)14-11(10(15)16)3-4-17-6-11/h5H,3-4,6H2,1-2H3,(H,13,14)(H,15,16). The number of carboxylic acid groups (broad SMARTS) is 1. The zero-order chi connectivity index (χ0) is 12.5. The van der Waals surface area contributed by atoms with E-state index in [0.29, 0.717) is 24.5 Å². The largest absolute Gasteiger partial charge is 0.479 e. The van der Waals surface area contributed by atoms with E-state index < -0.39 is 11.5 Å². The third-order valence-corrected chi connectivity index (χ3v) is 2.86. The van der Waals surface area contributed by atoms with E-state index in [0.717, 1.165) is 5.69 Å². The second kappa shape index (κ2) is 4.29. The normalized spacial score (nSPS) is 23.6. The summed E-state index contributed by atoms with van der Waals surface area (Å²) < 4.78 is 5.17. The Kier molecular flexibility index (Phi) is 2.97. The predicted octanol–water partition coefficient (Wildman–Crippen LogP) is 0.749. The first-order valence-electron chi connectivity index (χ1n) is 5.43. The second-order valence-electron chi connectivity index (χ2n) is 4.26. The number of anilines is 1. The summed E-state index contributed by atoms with van der Waals surface area (Å²) in [6.45, 7) is 4.20. The third-order valence-electron chi connectivity index (χ3n) is 2.86. The highest BCUT2D eigenvalue weighted by Gasteiger charge is 2.43. The molecule has 1 fully saturated rings. The maximum atomic E-state index is 11.3. The summed E-state index contributed by atoms with van der Waals surface area (Å²) in [6, 6.07) is 0. The molecule has 2 rings (SSSR count). The van der Waals surface area contributed by atoms with Gasteiger partial charge in [0.1, 0.15) is 5.82 Å². The van der Waals surface area contributed by atoms with Crippen molar-refractivity contribution in [2.75, 3.05) is 18.5 Å². The number of hydrogen-bond acceptors (Lipinski definition) is 5. The summed E-state index contributed by atoms with van der Waals surface area (Å²) in [6.07, 6.45) is 2.08. The summed E-state index contributed by atoms with van der Waals surface area (Å²) in [7, 11) is 0. The third kappa shape index (κ3) is 2.21. The van der Waals surface area contributed by atoms with Crippen molar-refractivity contribution in [2.45, 2.75) is 25.8 Å². The molecule has 92 valence electrons. The first-order chi connectivity index (χ1) is 8.03. The molecule has 1 aliphatic rings. The van der Waals surface area contributed by atoms with Crippen molar-refractivity contribution in [1.82, 2.24) is 9.97 Å². The van der Waals surface area contributed by atoms with Gasteiger partial charge < -0.3 is 15.2 Å². The molecule has 1 unspecified atom stereocenters. The fraction of sp³-hybridized carbons (Fsp3) is 0.545. The van der Waals surface area contributed by atoms with Crippen LogP contribution in [0, 0.1) is 13.8 Å². The van der Waals surface area contributed by atoms with Gasteiger partial charge in [-0.25, -0.2) is 9.78 Å². The summed E-state index contributed by atoms with van der Waals surface area (Å²) in [5.74, 6) is -0.407. The minimum atomic E-state index is -1.08. The van der Waals surface area contributed by atoms with Crippen molar-refractivity contribution in [1.29, 1.82) is 0 Å². The van der Waals surface area contributed by atoms with Gasteiger partial charge in [-0.15, -0.1) is 0 Å². The molecule has 2 heterocycles. The fourth-order valence-electron chi connectivity index (χ4n) is 1.77. The van der Waals surface area contributed by atoms with Crippen LogP contribution in [0.5, 0.6) is 0 Å². The van der Waals surface area contributed by atoms with Gasteiger partial charge in [0, 0.05) is 19.2 Å². The molecule has 0 spiro atoms. The molecule has 0 amide bonds. The highest BCUT2D eigenvalue weighted by atomic mass is 16.5. The first kappa shape index (κ1) is 11.8. The number of nitrogens with one attached hydrogen (secondary N) is 1. The maximum Gasteiger partial charge on any atom is 0.331 e. The monoisotopic (exact) mass is 237 g/mol. The van der Waals surface area contributed by atoms with Crippen molar-refractivity contribution in [2.24, 2.45) is 0 Å². The van der Waals surface area contributed by atoms with Crippen molar-refractivity contribution in [3.05, 3.63) is 17.6 Å². The number of aryl methyl sites for hydroxylation is 2. The van der Waals surface area contributed by atoms with Gasteiger partial charge in [0.2, 0.25) is 0 Å². The molecule has 6 heteroatoms. The van der Waals surface area contributed by atoms with Crippen molar-refractivity contribution in [3.8, 4) is 0 Å². The van der Waals surface area contributed by atoms with Crippen LogP contribution in [-0.4, -0.2) is 39.8 Å². The number of carboxylic acids is 1. The molecule has 1 saturated heterocycles. The van der Waals surface area contributed by atoms with Crippen LogP contribution in [0.2, 0.25) is 0 Å². The van der Waals surface area contributed by atoms with E-state index in [4.69, 9.17) is 4.74 Å². The number of hydrogen-bond donors (Lipinski definition) is 2. The summed E-state index contributed by atoms with van der Waals surface area (Å²) in [5.41, 5.74) is 0.355. The Morgan fingerprint density at radius 1 is 1.59 bits per heavy atom. The van der Waals surface area contributed by atoms with Crippen molar-refractivity contribution < 1.29 is 14.6 Å². The first-order valence-corrected chi connectivity index (χ1v) is 5.43. The van der Waals surface area contributed by atoms with Gasteiger partial charge in [0.05, 0.1) is 18.0 Å². The van der Waals surface area contributed by atoms with Crippen LogP contribution in [0.4, 0.5) is 5.82 Å². The van der Waals surface area contributed by atoms with Gasteiger partial charge in [-0.05, 0) is 13.8 Å². The lowest BCUT2D eigenvalue weighted by molar-refractivity contribution is -0.142. The molecular weight excluding hydrogens is 222 g/mol. The molecule has 17 heavy (non-hydrogen) atoms. The maximum absolute atomic E-state index is 11.3. The highest BCUT2D eigenvalue weighted by molar-refractivity contribution is 5.83. The van der Waals surface area contributed by atoms with Crippen molar-refractivity contribution >= 4 is 11.8 Å². The van der Waals surface area contributed by atoms with E-state index in [1.807, 2.05) is 6.92 Å². The molecule has 1 atom stereocenters. The molecule has 0 aliphatic carbocycles. The molecule has 0 radical (unpaired) electrons. The highest BCUT2D eigenvalue weighted by Crippen LogP contribution is 2.25. The van der Waals surface area contributed by atoms with E-state index in [-0.39, 0.29) is 6.61 Å². The molecule has 1 aromatic rings. The van der Waals surface area contributed by atoms with E-state index in [2.05, 4.69) is 15.3 Å². The quantitative estimate of drug-likeness (QED) is 0.807. The number of rotatable bonds is 3. The molecule has 2 N–H and O–H groups in total. The second-order valence-corrected chi connectivity index (χ2v) is 4.26. The summed E-state index contributed by atoms with van der Waals surface area (Å²) >= 11 is 0. The Morgan fingerprint density at radius 3 is 2.94 bits per heavy atom. The Bertz CT molecular complexity index is 442. The van der Waals surface area contributed by atoms with Crippen LogP contribution in [0.1, 0.15) is 17.8 Å². The number of carbonyl (C=O) groups is 1. The van der Waals surface area contributed by atoms with Crippen LogP contribution in [0.25, 0.3) is 0 Å². The molecule has 0 saturated carbocycles. The predicted molar refractivity (Wildman–Crippen MR) is 60.9 cm³/mol. The zero-order valence-electron chi connectivity index (χ0n) is 9.86. The van der Waals surface area contributed by atoms with E-state index in [9.17, 15) is 9.90 Å². The molecule has 6 nitrogen and oxygen atoms in total. The van der Waals surface area contributed by atoms with Gasteiger partial charge >= 0.3 is 5.97 Å². The lowest BCUT2D eigenvalue weighted by Crippen LogP contribution is -2.47. The zero-order valence-corrected chi connectivity index (χ0v) is 9.86. The number of aromatic nitrogens is 2. The van der Waals surface area contributed by atoms with Gasteiger partial charge in [-0.2, -0.15) is 0 Å². The van der Waals surface area contributed by atoms with Crippen LogP contribution >= 0.6 is 0 Å². The van der Waals surface area contributed by atoms with E-state index in [1.165, 1.54) is 0 Å². The minimum Gasteiger partial charge on any atom is -0.479 e. The van der Waals surface area contributed by atoms with Gasteiger partial charge in [-0.1, -0.05) is 0 Å². The van der Waals surface area contributed by atoms with E-state index >= 15 is 0 Å². The molecule has 1 aromatic heterocycles. The Balaban J connectivity index is 2.29.